The van der Waals surface area contributed by atoms with E-state index in [0.717, 1.165) is 28.6 Å². The Bertz CT molecular complexity index is 1310. The molecule has 0 unspecified atom stereocenters. The number of ether oxygens (including phenoxy) is 4. The predicted octanol–water partition coefficient (Wildman–Crippen LogP) is 6.00. The molecule has 0 atom stereocenters. The fourth-order valence-electron chi connectivity index (χ4n) is 3.56. The van der Waals surface area contributed by atoms with Gasteiger partial charge in [0.2, 0.25) is 0 Å². The monoisotopic (exact) mass is 469 g/mol. The second-order valence-electron chi connectivity index (χ2n) is 7.72. The Kier molecular flexibility index (Phi) is 7.96. The molecule has 0 amide bonds. The van der Waals surface area contributed by atoms with E-state index in [-0.39, 0.29) is 5.78 Å². The van der Waals surface area contributed by atoms with E-state index >= 15 is 0 Å². The molecule has 0 N–H and O–H groups in total. The maximum Gasteiger partial charge on any atom is 0.185 e. The molecule has 1 aromatic heterocycles. The van der Waals surface area contributed by atoms with Gasteiger partial charge in [0.1, 0.15) is 17.0 Å². The fourth-order valence-corrected chi connectivity index (χ4v) is 3.56. The molecule has 4 aromatic rings. The number of rotatable bonds is 11. The largest absolute Gasteiger partial charge is 0.493 e. The second-order valence-corrected chi connectivity index (χ2v) is 7.72. The minimum atomic E-state index is -0.0940. The topological polar surface area (TPSA) is 66.9 Å². The van der Waals surface area contributed by atoms with Crippen LogP contribution in [0.15, 0.2) is 85.1 Å². The quantitative estimate of drug-likeness (QED) is 0.153. The van der Waals surface area contributed by atoms with Crippen molar-refractivity contribution >= 4 is 22.8 Å². The molecule has 0 saturated carbocycles. The Balaban J connectivity index is 1.25. The highest BCUT2D eigenvalue weighted by atomic mass is 16.5. The molecule has 0 spiro atoms. The van der Waals surface area contributed by atoms with Gasteiger partial charge in [0, 0.05) is 23.6 Å². The van der Waals surface area contributed by atoms with Crippen molar-refractivity contribution in [1.29, 1.82) is 0 Å². The summed E-state index contributed by atoms with van der Waals surface area (Å²) in [7, 11) is 3.16. The number of aromatic nitrogens is 1. The number of para-hydroxylation sites is 1. The van der Waals surface area contributed by atoms with Gasteiger partial charge in [-0.1, -0.05) is 30.3 Å². The van der Waals surface area contributed by atoms with Crippen LogP contribution in [0.5, 0.6) is 23.0 Å². The van der Waals surface area contributed by atoms with E-state index in [1.807, 2.05) is 42.5 Å². The van der Waals surface area contributed by atoms with Gasteiger partial charge in [0.25, 0.3) is 0 Å². The van der Waals surface area contributed by atoms with Gasteiger partial charge in [0.15, 0.2) is 17.3 Å². The molecule has 0 saturated heterocycles. The average Bonchev–Trinajstić information content (AvgIpc) is 2.91. The highest BCUT2D eigenvalue weighted by Gasteiger charge is 2.06. The standard InChI is InChI=1S/C29H27NO5/c1-32-26-16-10-21(20-28(26)33-2)9-15-25(31)22-11-13-24(14-12-22)34-18-5-19-35-27-8-3-6-23-7-4-17-30-29(23)27/h3-4,6-17,20H,5,18-19H2,1-2H3/b15-9+. The minimum absolute atomic E-state index is 0.0940. The molecule has 0 aliphatic heterocycles. The zero-order valence-electron chi connectivity index (χ0n) is 19.8. The number of fused-ring (bicyclic) bond motifs is 1. The summed E-state index contributed by atoms with van der Waals surface area (Å²) >= 11 is 0. The van der Waals surface area contributed by atoms with E-state index < -0.39 is 0 Å². The van der Waals surface area contributed by atoms with E-state index in [0.29, 0.717) is 36.0 Å². The first-order valence-corrected chi connectivity index (χ1v) is 11.3. The molecule has 4 rings (SSSR count). The highest BCUT2D eigenvalue weighted by molar-refractivity contribution is 6.06. The maximum atomic E-state index is 12.5. The van der Waals surface area contributed by atoms with Gasteiger partial charge in [-0.15, -0.1) is 0 Å². The first kappa shape index (κ1) is 23.8. The molecule has 35 heavy (non-hydrogen) atoms. The minimum Gasteiger partial charge on any atom is -0.493 e. The van der Waals surface area contributed by atoms with Gasteiger partial charge in [-0.3, -0.25) is 9.78 Å². The molecule has 0 radical (unpaired) electrons. The third kappa shape index (κ3) is 6.18. The summed E-state index contributed by atoms with van der Waals surface area (Å²) in [4.78, 5) is 16.9. The van der Waals surface area contributed by atoms with Crippen LogP contribution in [0.3, 0.4) is 0 Å². The number of carbonyl (C=O) groups excluding carboxylic acids is 1. The van der Waals surface area contributed by atoms with Crippen LogP contribution < -0.4 is 18.9 Å². The number of benzene rings is 3. The van der Waals surface area contributed by atoms with E-state index in [1.54, 1.807) is 56.8 Å². The lowest BCUT2D eigenvalue weighted by Crippen LogP contribution is -2.05. The highest BCUT2D eigenvalue weighted by Crippen LogP contribution is 2.28. The van der Waals surface area contributed by atoms with E-state index in [9.17, 15) is 4.79 Å². The Morgan fingerprint density at radius 1 is 0.829 bits per heavy atom. The van der Waals surface area contributed by atoms with Crippen molar-refractivity contribution in [2.45, 2.75) is 6.42 Å². The van der Waals surface area contributed by atoms with E-state index in [4.69, 9.17) is 18.9 Å². The summed E-state index contributed by atoms with van der Waals surface area (Å²) in [5.74, 6) is 2.64. The lowest BCUT2D eigenvalue weighted by molar-refractivity contribution is 0.104. The lowest BCUT2D eigenvalue weighted by Gasteiger charge is -2.10. The summed E-state index contributed by atoms with van der Waals surface area (Å²) in [6.45, 7) is 1.03. The molecule has 6 nitrogen and oxygen atoms in total. The molecule has 178 valence electrons. The molecule has 1 heterocycles. The molecule has 0 bridgehead atoms. The molecular weight excluding hydrogens is 442 g/mol. The Morgan fingerprint density at radius 2 is 1.60 bits per heavy atom. The van der Waals surface area contributed by atoms with Crippen LogP contribution in [0.25, 0.3) is 17.0 Å². The van der Waals surface area contributed by atoms with Crippen LogP contribution in [0.4, 0.5) is 0 Å². The van der Waals surface area contributed by atoms with Crippen LogP contribution in [0, 0.1) is 0 Å². The van der Waals surface area contributed by atoms with Gasteiger partial charge in [0.05, 0.1) is 27.4 Å². The number of methoxy groups -OCH3 is 2. The van der Waals surface area contributed by atoms with Gasteiger partial charge in [-0.25, -0.2) is 0 Å². The number of nitrogens with zero attached hydrogens (tertiary/aromatic N) is 1. The number of allylic oxidation sites excluding steroid dienone is 1. The van der Waals surface area contributed by atoms with Crippen molar-refractivity contribution < 1.29 is 23.7 Å². The summed E-state index contributed by atoms with van der Waals surface area (Å²) in [6.07, 6.45) is 5.77. The smallest absolute Gasteiger partial charge is 0.185 e. The van der Waals surface area contributed by atoms with Gasteiger partial charge < -0.3 is 18.9 Å². The van der Waals surface area contributed by atoms with E-state index in [1.165, 1.54) is 6.08 Å². The SMILES string of the molecule is COc1ccc(/C=C/C(=O)c2ccc(OCCCOc3cccc4cccnc34)cc2)cc1OC. The summed E-state index contributed by atoms with van der Waals surface area (Å²) in [5.41, 5.74) is 2.29. The number of pyridine rings is 1. The fraction of sp³-hybridized carbons (Fsp3) is 0.172. The molecule has 6 heteroatoms. The Morgan fingerprint density at radius 3 is 2.40 bits per heavy atom. The third-order valence-corrected chi connectivity index (χ3v) is 5.38. The van der Waals surface area contributed by atoms with Gasteiger partial charge in [-0.05, 0) is 60.2 Å². The van der Waals surface area contributed by atoms with Gasteiger partial charge >= 0.3 is 0 Å². The first-order valence-electron chi connectivity index (χ1n) is 11.3. The lowest BCUT2D eigenvalue weighted by atomic mass is 10.1. The Labute approximate surface area is 204 Å². The van der Waals surface area contributed by atoms with Crippen LogP contribution in [-0.2, 0) is 0 Å². The van der Waals surface area contributed by atoms with Gasteiger partial charge in [-0.2, -0.15) is 0 Å². The normalized spacial score (nSPS) is 10.9. The maximum absolute atomic E-state index is 12.5. The zero-order chi connectivity index (χ0) is 24.5. The van der Waals surface area contributed by atoms with Crippen molar-refractivity contribution in [3.63, 3.8) is 0 Å². The van der Waals surface area contributed by atoms with Crippen molar-refractivity contribution in [2.75, 3.05) is 27.4 Å². The summed E-state index contributed by atoms with van der Waals surface area (Å²) in [5, 5.41) is 1.05. The Hall–Kier alpha value is -4.32. The molecule has 3 aromatic carbocycles. The number of carbonyl (C=O) groups is 1. The van der Waals surface area contributed by atoms with Crippen LogP contribution in [0.1, 0.15) is 22.3 Å². The molecular formula is C29H27NO5. The summed E-state index contributed by atoms with van der Waals surface area (Å²) < 4.78 is 22.2. The third-order valence-electron chi connectivity index (χ3n) is 5.38. The molecule has 0 fully saturated rings. The average molecular weight is 470 g/mol. The summed E-state index contributed by atoms with van der Waals surface area (Å²) in [6, 6.07) is 22.4. The van der Waals surface area contributed by atoms with E-state index in [2.05, 4.69) is 4.98 Å². The predicted molar refractivity (Wildman–Crippen MR) is 137 cm³/mol. The molecule has 0 aliphatic carbocycles. The van der Waals surface area contributed by atoms with Crippen LogP contribution >= 0.6 is 0 Å². The van der Waals surface area contributed by atoms with Crippen LogP contribution in [-0.4, -0.2) is 38.2 Å². The van der Waals surface area contributed by atoms with Crippen molar-refractivity contribution in [3.8, 4) is 23.0 Å². The van der Waals surface area contributed by atoms with Crippen LogP contribution in [0.2, 0.25) is 0 Å². The number of ketones is 1. The second kappa shape index (κ2) is 11.7. The van der Waals surface area contributed by atoms with Crippen molar-refractivity contribution in [2.24, 2.45) is 0 Å². The number of hydrogen-bond acceptors (Lipinski definition) is 6. The van der Waals surface area contributed by atoms with Crippen molar-refractivity contribution in [1.82, 2.24) is 4.98 Å². The molecule has 0 aliphatic rings. The van der Waals surface area contributed by atoms with Crippen molar-refractivity contribution in [3.05, 3.63) is 96.2 Å². The number of hydrogen-bond donors (Lipinski definition) is 0. The first-order chi connectivity index (χ1) is 17.2. The zero-order valence-corrected chi connectivity index (χ0v) is 19.8.